The van der Waals surface area contributed by atoms with E-state index >= 15 is 0 Å². The molecule has 0 aromatic rings. The van der Waals surface area contributed by atoms with Crippen LogP contribution in [0.25, 0.3) is 0 Å². The van der Waals surface area contributed by atoms with Gasteiger partial charge in [0.05, 0.1) is 25.7 Å². The highest BCUT2D eigenvalue weighted by Crippen LogP contribution is 2.25. The van der Waals surface area contributed by atoms with Crippen molar-refractivity contribution in [2.24, 2.45) is 11.8 Å². The van der Waals surface area contributed by atoms with E-state index in [1.54, 1.807) is 20.8 Å². The van der Waals surface area contributed by atoms with E-state index in [0.29, 0.717) is 31.6 Å². The topological polar surface area (TPSA) is 139 Å². The first kappa shape index (κ1) is 32.4. The van der Waals surface area contributed by atoms with Gasteiger partial charge in [0.15, 0.2) is 0 Å². The average molecular weight is 499 g/mol. The van der Waals surface area contributed by atoms with Gasteiger partial charge in [0.25, 0.3) is 0 Å². The van der Waals surface area contributed by atoms with Gasteiger partial charge in [-0.1, -0.05) is 39.8 Å². The third kappa shape index (κ3) is 12.6. The molecule has 0 aromatic carbocycles. The van der Waals surface area contributed by atoms with E-state index in [0.717, 1.165) is 4.90 Å². The third-order valence-corrected chi connectivity index (χ3v) is 5.29. The number of imide groups is 1. The van der Waals surface area contributed by atoms with E-state index in [9.17, 15) is 24.0 Å². The smallest absolute Gasteiger partial charge is 0.326 e. The van der Waals surface area contributed by atoms with Crippen molar-refractivity contribution in [3.8, 4) is 0 Å². The van der Waals surface area contributed by atoms with Gasteiger partial charge >= 0.3 is 5.97 Å². The Morgan fingerprint density at radius 3 is 2.17 bits per heavy atom. The summed E-state index contributed by atoms with van der Waals surface area (Å²) in [4.78, 5) is 60.1. The van der Waals surface area contributed by atoms with Crippen molar-refractivity contribution in [3.63, 3.8) is 0 Å². The number of carbonyl (C=O) groups excluding carboxylic acids is 4. The van der Waals surface area contributed by atoms with Crippen LogP contribution in [-0.2, 0) is 33.4 Å². The molecule has 0 aliphatic carbocycles. The number of nitrogens with one attached hydrogen (secondary N) is 1. The summed E-state index contributed by atoms with van der Waals surface area (Å²) in [5.74, 6) is -2.72. The predicted octanol–water partition coefficient (Wildman–Crippen LogP) is 2.35. The number of ketones is 1. The lowest BCUT2D eigenvalue weighted by Gasteiger charge is -2.17. The molecular formula is C25H42N2O8. The molecule has 1 fully saturated rings. The van der Waals surface area contributed by atoms with Gasteiger partial charge in [0, 0.05) is 38.8 Å². The summed E-state index contributed by atoms with van der Waals surface area (Å²) in [6.07, 6.45) is 1.13. The first-order chi connectivity index (χ1) is 16.5. The van der Waals surface area contributed by atoms with Gasteiger partial charge in [-0.05, 0) is 19.3 Å². The Kier molecular flexibility index (Phi) is 16.5. The number of Topliss-reactive ketones (excluding diaryl/α,β-unsaturated/α-hetero) is 1. The van der Waals surface area contributed by atoms with Gasteiger partial charge in [-0.25, -0.2) is 4.79 Å². The molecule has 0 spiro atoms. The number of aliphatic carboxylic acids is 1. The predicted molar refractivity (Wildman–Crippen MR) is 131 cm³/mol. The molecule has 2 atom stereocenters. The minimum atomic E-state index is -1.07. The van der Waals surface area contributed by atoms with Crippen molar-refractivity contribution >= 4 is 29.5 Å². The maximum atomic E-state index is 12.2. The molecular weight excluding hydrogens is 456 g/mol. The Hall–Kier alpha value is -2.59. The number of nitrogens with zero attached hydrogens (tertiary/aromatic N) is 1. The van der Waals surface area contributed by atoms with Crippen LogP contribution >= 0.6 is 0 Å². The quantitative estimate of drug-likeness (QED) is 0.177. The van der Waals surface area contributed by atoms with Crippen LogP contribution in [0.5, 0.6) is 0 Å². The Balaban J connectivity index is 0.00000562. The zero-order chi connectivity index (χ0) is 27.0. The number of carbonyl (C=O) groups is 5. The number of ether oxygens (including phenoxy) is 2. The maximum Gasteiger partial charge on any atom is 0.326 e. The van der Waals surface area contributed by atoms with Crippen LogP contribution in [0.15, 0.2) is 12.2 Å². The van der Waals surface area contributed by atoms with Crippen molar-refractivity contribution in [2.75, 3.05) is 33.0 Å². The zero-order valence-electron chi connectivity index (χ0n) is 21.8. The van der Waals surface area contributed by atoms with Crippen molar-refractivity contribution in [1.82, 2.24) is 10.2 Å². The van der Waals surface area contributed by atoms with Gasteiger partial charge in [-0.2, -0.15) is 0 Å². The molecule has 3 amide bonds. The summed E-state index contributed by atoms with van der Waals surface area (Å²) in [6.45, 7) is 14.1. The molecule has 10 heteroatoms. The first-order valence-electron chi connectivity index (χ1n) is 12.2. The SMILES string of the molecule is C=C(C)C1CC(=O)N(CCC(=O)CCCOCCOCCC(=O)NC(C(=O)O)C(C)C)C1=O.CC. The molecule has 0 aromatic heterocycles. The van der Waals surface area contributed by atoms with Crippen molar-refractivity contribution in [3.05, 3.63) is 12.2 Å². The lowest BCUT2D eigenvalue weighted by molar-refractivity contribution is -0.143. The van der Waals surface area contributed by atoms with Gasteiger partial charge < -0.3 is 19.9 Å². The molecule has 200 valence electrons. The lowest BCUT2D eigenvalue weighted by Crippen LogP contribution is -2.44. The van der Waals surface area contributed by atoms with Crippen molar-refractivity contribution in [1.29, 1.82) is 0 Å². The van der Waals surface area contributed by atoms with Crippen molar-refractivity contribution in [2.45, 2.75) is 72.8 Å². The van der Waals surface area contributed by atoms with E-state index in [1.807, 2.05) is 13.8 Å². The second-order valence-electron chi connectivity index (χ2n) is 8.48. The number of hydrogen-bond donors (Lipinski definition) is 2. The Morgan fingerprint density at radius 1 is 1.06 bits per heavy atom. The summed E-state index contributed by atoms with van der Waals surface area (Å²) in [7, 11) is 0. The van der Waals surface area contributed by atoms with E-state index in [4.69, 9.17) is 14.6 Å². The fraction of sp³-hybridized carbons (Fsp3) is 0.720. The van der Waals surface area contributed by atoms with Gasteiger partial charge in [-0.3, -0.25) is 24.1 Å². The molecule has 0 radical (unpaired) electrons. The van der Waals surface area contributed by atoms with Crippen LogP contribution in [0, 0.1) is 11.8 Å². The second-order valence-corrected chi connectivity index (χ2v) is 8.48. The molecule has 2 unspecified atom stereocenters. The second kappa shape index (κ2) is 17.8. The molecule has 0 saturated carbocycles. The molecule has 1 heterocycles. The first-order valence-corrected chi connectivity index (χ1v) is 12.2. The minimum Gasteiger partial charge on any atom is -0.480 e. The van der Waals surface area contributed by atoms with Gasteiger partial charge in [0.1, 0.15) is 11.8 Å². The number of hydrogen-bond acceptors (Lipinski definition) is 7. The standard InChI is InChI=1S/C23H36N2O8.C2H6/c1-15(2)18-14-20(28)25(22(18)29)9-7-17(26)6-5-10-32-12-13-33-11-8-19(27)24-21(16(3)4)23(30)31;1-2/h16,18,21H,1,5-14H2,2-4H3,(H,24,27)(H,30,31);1-2H3. The van der Waals surface area contributed by atoms with Crippen LogP contribution in [0.1, 0.15) is 66.7 Å². The molecule has 1 saturated heterocycles. The summed E-state index contributed by atoms with van der Waals surface area (Å²) >= 11 is 0. The van der Waals surface area contributed by atoms with Crippen LogP contribution in [0.3, 0.4) is 0 Å². The third-order valence-electron chi connectivity index (χ3n) is 5.29. The van der Waals surface area contributed by atoms with Crippen LogP contribution in [-0.4, -0.2) is 78.5 Å². The zero-order valence-corrected chi connectivity index (χ0v) is 21.8. The Bertz CT molecular complexity index is 735. The normalized spacial score (nSPS) is 16.1. The highest BCUT2D eigenvalue weighted by molar-refractivity contribution is 6.05. The summed E-state index contributed by atoms with van der Waals surface area (Å²) in [5, 5.41) is 11.5. The molecule has 0 bridgehead atoms. The number of amides is 3. The average Bonchev–Trinajstić information content (AvgIpc) is 3.09. The number of carboxylic acid groups (broad SMARTS) is 1. The summed E-state index contributed by atoms with van der Waals surface area (Å²) < 4.78 is 10.7. The maximum absolute atomic E-state index is 12.2. The molecule has 2 N–H and O–H groups in total. The molecule has 1 aliphatic heterocycles. The Morgan fingerprint density at radius 2 is 1.66 bits per heavy atom. The summed E-state index contributed by atoms with van der Waals surface area (Å²) in [6, 6.07) is -0.923. The van der Waals surface area contributed by atoms with Crippen LogP contribution < -0.4 is 5.32 Å². The highest BCUT2D eigenvalue weighted by Gasteiger charge is 2.38. The summed E-state index contributed by atoms with van der Waals surface area (Å²) in [5.41, 5.74) is 0.657. The monoisotopic (exact) mass is 498 g/mol. The Labute approximate surface area is 208 Å². The number of carboxylic acids is 1. The highest BCUT2D eigenvalue weighted by atomic mass is 16.5. The molecule has 10 nitrogen and oxygen atoms in total. The van der Waals surface area contributed by atoms with Gasteiger partial charge in [0.2, 0.25) is 17.7 Å². The minimum absolute atomic E-state index is 0.0405. The van der Waals surface area contributed by atoms with E-state index < -0.39 is 17.9 Å². The van der Waals surface area contributed by atoms with Crippen molar-refractivity contribution < 1.29 is 38.6 Å². The van der Waals surface area contributed by atoms with Gasteiger partial charge in [-0.15, -0.1) is 0 Å². The molecule has 35 heavy (non-hydrogen) atoms. The van der Waals surface area contributed by atoms with Crippen LogP contribution in [0.4, 0.5) is 0 Å². The fourth-order valence-electron chi connectivity index (χ4n) is 3.28. The number of likely N-dealkylation sites (tertiary alicyclic amines) is 1. The van der Waals surface area contributed by atoms with E-state index in [-0.39, 0.29) is 68.4 Å². The van der Waals surface area contributed by atoms with E-state index in [1.165, 1.54) is 0 Å². The fourth-order valence-corrected chi connectivity index (χ4v) is 3.28. The molecule has 1 aliphatic rings. The van der Waals surface area contributed by atoms with E-state index in [2.05, 4.69) is 11.9 Å². The molecule has 1 rings (SSSR count). The number of rotatable bonds is 17. The largest absolute Gasteiger partial charge is 0.480 e. The lowest BCUT2D eigenvalue weighted by atomic mass is 10.0. The van der Waals surface area contributed by atoms with Crippen LogP contribution in [0.2, 0.25) is 0 Å².